The van der Waals surface area contributed by atoms with E-state index in [1.807, 2.05) is 0 Å². The van der Waals surface area contributed by atoms with Crippen LogP contribution in [0.5, 0.6) is 0 Å². The van der Waals surface area contributed by atoms with Crippen molar-refractivity contribution in [3.8, 4) is 0 Å². The van der Waals surface area contributed by atoms with Crippen LogP contribution in [-0.4, -0.2) is 19.5 Å². The van der Waals surface area contributed by atoms with Gasteiger partial charge in [-0.05, 0) is 25.7 Å². The molecule has 1 heterocycles. The molecule has 0 amide bonds. The highest BCUT2D eigenvalue weighted by Gasteiger charge is 2.24. The van der Waals surface area contributed by atoms with Crippen LogP contribution in [0.15, 0.2) is 12.2 Å². The SMILES string of the molecule is C1=CCC(C2OCCCO2)CC1. The molecule has 0 aromatic carbocycles. The first-order valence-corrected chi connectivity index (χ1v) is 4.85. The molecule has 2 nitrogen and oxygen atoms in total. The minimum absolute atomic E-state index is 0.0868. The second-order valence-electron chi connectivity index (χ2n) is 3.51. The zero-order valence-electron chi connectivity index (χ0n) is 7.37. The van der Waals surface area contributed by atoms with Gasteiger partial charge in [-0.25, -0.2) is 0 Å². The van der Waals surface area contributed by atoms with Crippen molar-refractivity contribution >= 4 is 0 Å². The van der Waals surface area contributed by atoms with Gasteiger partial charge in [0.05, 0.1) is 13.2 Å². The highest BCUT2D eigenvalue weighted by atomic mass is 16.7. The lowest BCUT2D eigenvalue weighted by molar-refractivity contribution is -0.205. The molecule has 1 unspecified atom stereocenters. The molecule has 1 fully saturated rings. The van der Waals surface area contributed by atoms with E-state index in [4.69, 9.17) is 9.47 Å². The molecule has 0 spiro atoms. The first-order chi connectivity index (χ1) is 5.97. The van der Waals surface area contributed by atoms with Crippen molar-refractivity contribution < 1.29 is 9.47 Å². The second kappa shape index (κ2) is 4.06. The van der Waals surface area contributed by atoms with Gasteiger partial charge < -0.3 is 9.47 Å². The molecule has 1 atom stereocenters. The summed E-state index contributed by atoms with van der Waals surface area (Å²) in [6, 6.07) is 0. The van der Waals surface area contributed by atoms with Gasteiger partial charge in [0.15, 0.2) is 6.29 Å². The fourth-order valence-corrected chi connectivity index (χ4v) is 1.84. The molecule has 12 heavy (non-hydrogen) atoms. The molecule has 68 valence electrons. The summed E-state index contributed by atoms with van der Waals surface area (Å²) in [6.45, 7) is 1.76. The van der Waals surface area contributed by atoms with E-state index in [0.29, 0.717) is 5.92 Å². The molecule has 1 saturated heterocycles. The maximum atomic E-state index is 5.56. The van der Waals surface area contributed by atoms with Crippen LogP contribution in [0, 0.1) is 5.92 Å². The Morgan fingerprint density at radius 1 is 1.08 bits per heavy atom. The van der Waals surface area contributed by atoms with Gasteiger partial charge in [0, 0.05) is 5.92 Å². The first-order valence-electron chi connectivity index (χ1n) is 4.85. The Labute approximate surface area is 73.5 Å². The predicted molar refractivity (Wildman–Crippen MR) is 46.8 cm³/mol. The lowest BCUT2D eigenvalue weighted by atomic mass is 9.93. The normalized spacial score (nSPS) is 32.2. The fraction of sp³-hybridized carbons (Fsp3) is 0.800. The minimum atomic E-state index is 0.0868. The van der Waals surface area contributed by atoms with Crippen molar-refractivity contribution in [3.05, 3.63) is 12.2 Å². The lowest BCUT2D eigenvalue weighted by Gasteiger charge is -2.31. The van der Waals surface area contributed by atoms with Crippen LogP contribution in [-0.2, 0) is 9.47 Å². The van der Waals surface area contributed by atoms with E-state index in [-0.39, 0.29) is 6.29 Å². The topological polar surface area (TPSA) is 18.5 Å². The van der Waals surface area contributed by atoms with Crippen LogP contribution < -0.4 is 0 Å². The molecule has 0 saturated carbocycles. The maximum Gasteiger partial charge on any atom is 0.160 e. The number of hydrogen-bond acceptors (Lipinski definition) is 2. The first kappa shape index (κ1) is 8.27. The van der Waals surface area contributed by atoms with Crippen molar-refractivity contribution in [2.75, 3.05) is 13.2 Å². The van der Waals surface area contributed by atoms with E-state index in [9.17, 15) is 0 Å². The quantitative estimate of drug-likeness (QED) is 0.558. The summed E-state index contributed by atoms with van der Waals surface area (Å²) >= 11 is 0. The van der Waals surface area contributed by atoms with Crippen LogP contribution in [0.25, 0.3) is 0 Å². The zero-order valence-corrected chi connectivity index (χ0v) is 7.37. The molecule has 0 bridgehead atoms. The molecule has 0 N–H and O–H groups in total. The number of ether oxygens (including phenoxy) is 2. The lowest BCUT2D eigenvalue weighted by Crippen LogP contribution is -2.32. The van der Waals surface area contributed by atoms with Crippen LogP contribution in [0.2, 0.25) is 0 Å². The number of rotatable bonds is 1. The molecule has 1 aliphatic carbocycles. The van der Waals surface area contributed by atoms with E-state index >= 15 is 0 Å². The van der Waals surface area contributed by atoms with Crippen molar-refractivity contribution in [2.45, 2.75) is 32.0 Å². The Morgan fingerprint density at radius 2 is 1.92 bits per heavy atom. The minimum Gasteiger partial charge on any atom is -0.352 e. The van der Waals surface area contributed by atoms with Crippen LogP contribution in [0.3, 0.4) is 0 Å². The monoisotopic (exact) mass is 168 g/mol. The molecular weight excluding hydrogens is 152 g/mol. The summed E-state index contributed by atoms with van der Waals surface area (Å²) in [7, 11) is 0. The summed E-state index contributed by atoms with van der Waals surface area (Å²) in [5.74, 6) is 0.607. The Balaban J connectivity index is 1.85. The van der Waals surface area contributed by atoms with Gasteiger partial charge >= 0.3 is 0 Å². The van der Waals surface area contributed by atoms with Gasteiger partial charge in [-0.2, -0.15) is 0 Å². The average molecular weight is 168 g/mol. The maximum absolute atomic E-state index is 5.56. The molecule has 1 aliphatic heterocycles. The third-order valence-corrected chi connectivity index (χ3v) is 2.55. The smallest absolute Gasteiger partial charge is 0.160 e. The van der Waals surface area contributed by atoms with Gasteiger partial charge in [0.25, 0.3) is 0 Å². The Morgan fingerprint density at radius 3 is 2.58 bits per heavy atom. The Hall–Kier alpha value is -0.340. The Bertz CT molecular complexity index is 159. The predicted octanol–water partition coefficient (Wildman–Crippen LogP) is 2.11. The molecule has 2 rings (SSSR count). The average Bonchev–Trinajstić information content (AvgIpc) is 2.21. The summed E-state index contributed by atoms with van der Waals surface area (Å²) in [4.78, 5) is 0. The van der Waals surface area contributed by atoms with Gasteiger partial charge in [0.1, 0.15) is 0 Å². The molecule has 0 aromatic heterocycles. The van der Waals surface area contributed by atoms with Gasteiger partial charge in [-0.3, -0.25) is 0 Å². The van der Waals surface area contributed by atoms with Gasteiger partial charge in [-0.15, -0.1) is 0 Å². The summed E-state index contributed by atoms with van der Waals surface area (Å²) < 4.78 is 11.1. The van der Waals surface area contributed by atoms with E-state index in [1.165, 1.54) is 12.8 Å². The zero-order chi connectivity index (χ0) is 8.23. The summed E-state index contributed by atoms with van der Waals surface area (Å²) in [5, 5.41) is 0. The van der Waals surface area contributed by atoms with Crippen molar-refractivity contribution in [3.63, 3.8) is 0 Å². The summed E-state index contributed by atoms with van der Waals surface area (Å²) in [5.41, 5.74) is 0. The molecule has 0 aromatic rings. The fourth-order valence-electron chi connectivity index (χ4n) is 1.84. The van der Waals surface area contributed by atoms with Gasteiger partial charge in [-0.1, -0.05) is 12.2 Å². The van der Waals surface area contributed by atoms with E-state index in [1.54, 1.807) is 0 Å². The number of allylic oxidation sites excluding steroid dienone is 2. The highest BCUT2D eigenvalue weighted by molar-refractivity contribution is 4.91. The molecule has 2 aliphatic rings. The van der Waals surface area contributed by atoms with Gasteiger partial charge in [0.2, 0.25) is 0 Å². The van der Waals surface area contributed by atoms with Crippen molar-refractivity contribution in [1.82, 2.24) is 0 Å². The van der Waals surface area contributed by atoms with E-state index in [2.05, 4.69) is 12.2 Å². The second-order valence-corrected chi connectivity index (χ2v) is 3.51. The van der Waals surface area contributed by atoms with Crippen LogP contribution in [0.4, 0.5) is 0 Å². The molecular formula is C10H16O2. The Kier molecular flexibility index (Phi) is 2.79. The number of hydrogen-bond donors (Lipinski definition) is 0. The third-order valence-electron chi connectivity index (χ3n) is 2.55. The largest absolute Gasteiger partial charge is 0.352 e. The van der Waals surface area contributed by atoms with Crippen LogP contribution >= 0.6 is 0 Å². The van der Waals surface area contributed by atoms with E-state index < -0.39 is 0 Å². The van der Waals surface area contributed by atoms with Crippen LogP contribution in [0.1, 0.15) is 25.7 Å². The highest BCUT2D eigenvalue weighted by Crippen LogP contribution is 2.26. The van der Waals surface area contributed by atoms with Crippen molar-refractivity contribution in [1.29, 1.82) is 0 Å². The third kappa shape index (κ3) is 1.87. The molecule has 2 heteroatoms. The summed E-state index contributed by atoms with van der Waals surface area (Å²) in [6.07, 6.45) is 9.18. The molecule has 0 radical (unpaired) electrons. The van der Waals surface area contributed by atoms with Crippen molar-refractivity contribution in [2.24, 2.45) is 5.92 Å². The van der Waals surface area contributed by atoms with E-state index in [0.717, 1.165) is 26.1 Å². The standard InChI is InChI=1S/C10H16O2/c1-2-5-9(6-3-1)10-11-7-4-8-12-10/h1-2,9-10H,3-8H2.